The van der Waals surface area contributed by atoms with Gasteiger partial charge < -0.3 is 5.11 Å². The van der Waals surface area contributed by atoms with Gasteiger partial charge >= 0.3 is 5.97 Å². The fourth-order valence-electron chi connectivity index (χ4n) is 4.65. The minimum absolute atomic E-state index is 0.0145. The van der Waals surface area contributed by atoms with Crippen molar-refractivity contribution in [2.75, 3.05) is 6.54 Å². The highest BCUT2D eigenvalue weighted by Gasteiger charge is 2.28. The summed E-state index contributed by atoms with van der Waals surface area (Å²) >= 11 is 0. The van der Waals surface area contributed by atoms with E-state index in [9.17, 15) is 14.7 Å². The molecule has 5 nitrogen and oxygen atoms in total. The zero-order valence-corrected chi connectivity index (χ0v) is 19.3. The van der Waals surface area contributed by atoms with E-state index in [2.05, 4.69) is 30.1 Å². The van der Waals surface area contributed by atoms with Gasteiger partial charge in [-0.05, 0) is 72.7 Å². The number of likely N-dealkylation sites (tertiary alicyclic amines) is 1. The molecule has 1 aliphatic rings. The Hall–Kier alpha value is -3.31. The van der Waals surface area contributed by atoms with E-state index in [-0.39, 0.29) is 5.78 Å². The molecule has 1 aromatic heterocycles. The van der Waals surface area contributed by atoms with Crippen LogP contribution < -0.4 is 0 Å². The van der Waals surface area contributed by atoms with Gasteiger partial charge in [0.2, 0.25) is 0 Å². The highest BCUT2D eigenvalue weighted by atomic mass is 16.4. The van der Waals surface area contributed by atoms with Gasteiger partial charge in [-0.15, -0.1) is 0 Å². The van der Waals surface area contributed by atoms with Crippen molar-refractivity contribution in [1.29, 1.82) is 0 Å². The zero-order chi connectivity index (χ0) is 23.4. The number of benzene rings is 2. The van der Waals surface area contributed by atoms with Crippen LogP contribution in [-0.4, -0.2) is 39.3 Å². The average Bonchev–Trinajstić information content (AvgIpc) is 2.82. The first-order valence-electron chi connectivity index (χ1n) is 11.5. The van der Waals surface area contributed by atoms with E-state index in [1.807, 2.05) is 48.2 Å². The van der Waals surface area contributed by atoms with Crippen LogP contribution in [-0.2, 0) is 17.8 Å². The fraction of sp³-hybridized carbons (Fsp3) is 0.321. The van der Waals surface area contributed by atoms with Crippen molar-refractivity contribution in [1.82, 2.24) is 9.88 Å². The molecule has 33 heavy (non-hydrogen) atoms. The number of carboxylic acids is 1. The molecule has 5 heteroatoms. The van der Waals surface area contributed by atoms with Crippen LogP contribution in [0, 0.1) is 13.8 Å². The van der Waals surface area contributed by atoms with E-state index in [0.29, 0.717) is 25.1 Å². The first-order chi connectivity index (χ1) is 15.9. The number of aromatic nitrogens is 1. The molecule has 2 heterocycles. The van der Waals surface area contributed by atoms with Crippen LogP contribution >= 0.6 is 0 Å². The molecular formula is C28H30N2O3. The Morgan fingerprint density at radius 3 is 2.55 bits per heavy atom. The molecule has 0 saturated carbocycles. The number of nitrogens with zero attached hydrogens (tertiary/aromatic N) is 2. The molecule has 0 aliphatic carbocycles. The first kappa shape index (κ1) is 22.9. The maximum absolute atomic E-state index is 13.1. The summed E-state index contributed by atoms with van der Waals surface area (Å²) in [6, 6.07) is 17.7. The number of aliphatic carboxylic acids is 1. The van der Waals surface area contributed by atoms with Gasteiger partial charge in [-0.2, -0.15) is 0 Å². The van der Waals surface area contributed by atoms with Crippen molar-refractivity contribution in [2.45, 2.75) is 52.1 Å². The largest absolute Gasteiger partial charge is 0.480 e. The van der Waals surface area contributed by atoms with Crippen LogP contribution in [0.15, 0.2) is 60.8 Å². The second-order valence-electron chi connectivity index (χ2n) is 8.87. The number of carbonyl (C=O) groups is 2. The number of hydrogen-bond acceptors (Lipinski definition) is 4. The topological polar surface area (TPSA) is 70.5 Å². The second-order valence-corrected chi connectivity index (χ2v) is 8.87. The Bertz CT molecular complexity index is 1160. The lowest BCUT2D eigenvalue weighted by atomic mass is 9.93. The van der Waals surface area contributed by atoms with Crippen molar-refractivity contribution in [3.63, 3.8) is 0 Å². The second kappa shape index (κ2) is 10.1. The minimum Gasteiger partial charge on any atom is -0.480 e. The molecule has 1 fully saturated rings. The van der Waals surface area contributed by atoms with Gasteiger partial charge in [0.25, 0.3) is 0 Å². The summed E-state index contributed by atoms with van der Waals surface area (Å²) in [5.41, 5.74) is 6.78. The van der Waals surface area contributed by atoms with Crippen LogP contribution in [0.4, 0.5) is 0 Å². The summed E-state index contributed by atoms with van der Waals surface area (Å²) < 4.78 is 0. The molecule has 3 aromatic rings. The Labute approximate surface area is 195 Å². The standard InChI is InChI=1S/C28H30N2O3/c1-19-15-25(29-17-23(19)18-30-14-7-6-13-26(30)28(32)33)27(31)16-22-11-8-12-24(20(22)2)21-9-4-3-5-10-21/h3-5,8-12,15,17,26H,6-7,13-14,16,18H2,1-2H3,(H,32,33)/t26-/m0/s1. The van der Waals surface area contributed by atoms with Crippen molar-refractivity contribution < 1.29 is 14.7 Å². The molecule has 0 bridgehead atoms. The summed E-state index contributed by atoms with van der Waals surface area (Å²) in [5, 5.41) is 9.53. The number of ketones is 1. The Morgan fingerprint density at radius 2 is 1.82 bits per heavy atom. The number of aryl methyl sites for hydroxylation is 1. The molecule has 2 aromatic carbocycles. The number of rotatable bonds is 7. The van der Waals surface area contributed by atoms with Gasteiger partial charge in [0.1, 0.15) is 11.7 Å². The summed E-state index contributed by atoms with van der Waals surface area (Å²) in [7, 11) is 0. The molecule has 1 aliphatic heterocycles. The van der Waals surface area contributed by atoms with E-state index in [0.717, 1.165) is 52.8 Å². The van der Waals surface area contributed by atoms with Crippen molar-refractivity contribution >= 4 is 11.8 Å². The molecule has 0 radical (unpaired) electrons. The minimum atomic E-state index is -0.764. The highest BCUT2D eigenvalue weighted by molar-refractivity contribution is 5.96. The summed E-state index contributed by atoms with van der Waals surface area (Å²) in [4.78, 5) is 31.1. The quantitative estimate of drug-likeness (QED) is 0.508. The Morgan fingerprint density at radius 1 is 1.03 bits per heavy atom. The lowest BCUT2D eigenvalue weighted by molar-refractivity contribution is -0.144. The number of carbonyl (C=O) groups excluding carboxylic acids is 1. The predicted octanol–water partition coefficient (Wildman–Crippen LogP) is 5.23. The third-order valence-electron chi connectivity index (χ3n) is 6.66. The maximum Gasteiger partial charge on any atom is 0.320 e. The molecule has 4 rings (SSSR count). The van der Waals surface area contributed by atoms with Crippen molar-refractivity contribution in [2.24, 2.45) is 0 Å². The molecule has 1 N–H and O–H groups in total. The SMILES string of the molecule is Cc1cc(C(=O)Cc2cccc(-c3ccccc3)c2C)ncc1CN1CCCC[C@H]1C(=O)O. The van der Waals surface area contributed by atoms with Gasteiger partial charge in [0.15, 0.2) is 5.78 Å². The molecule has 1 saturated heterocycles. The van der Waals surface area contributed by atoms with Crippen LogP contribution in [0.3, 0.4) is 0 Å². The maximum atomic E-state index is 13.1. The molecule has 170 valence electrons. The lowest BCUT2D eigenvalue weighted by Crippen LogP contribution is -2.44. The number of piperidine rings is 1. The number of pyridine rings is 1. The van der Waals surface area contributed by atoms with Gasteiger partial charge in [-0.1, -0.05) is 55.0 Å². The molecule has 1 atom stereocenters. The number of hydrogen-bond donors (Lipinski definition) is 1. The highest BCUT2D eigenvalue weighted by Crippen LogP contribution is 2.27. The Kier molecular flexibility index (Phi) is 6.99. The Balaban J connectivity index is 1.50. The number of carboxylic acid groups (broad SMARTS) is 1. The van der Waals surface area contributed by atoms with Gasteiger partial charge in [-0.25, -0.2) is 0 Å². The van der Waals surface area contributed by atoms with E-state index < -0.39 is 12.0 Å². The van der Waals surface area contributed by atoms with Gasteiger partial charge in [0, 0.05) is 19.2 Å². The van der Waals surface area contributed by atoms with Crippen molar-refractivity contribution in [3.8, 4) is 11.1 Å². The van der Waals surface area contributed by atoms with E-state index in [1.165, 1.54) is 0 Å². The number of Topliss-reactive ketones (excluding diaryl/α,β-unsaturated/α-hetero) is 1. The molecule has 0 spiro atoms. The van der Waals surface area contributed by atoms with Crippen LogP contribution in [0.1, 0.15) is 52.0 Å². The molecular weight excluding hydrogens is 412 g/mol. The third-order valence-corrected chi connectivity index (χ3v) is 6.66. The predicted molar refractivity (Wildman–Crippen MR) is 129 cm³/mol. The van der Waals surface area contributed by atoms with Crippen LogP contribution in [0.2, 0.25) is 0 Å². The van der Waals surface area contributed by atoms with E-state index in [1.54, 1.807) is 6.20 Å². The van der Waals surface area contributed by atoms with Gasteiger partial charge in [-0.3, -0.25) is 19.5 Å². The summed E-state index contributed by atoms with van der Waals surface area (Å²) in [6.45, 7) is 5.34. The van der Waals surface area contributed by atoms with Crippen molar-refractivity contribution in [3.05, 3.63) is 88.7 Å². The average molecular weight is 443 g/mol. The molecule has 0 unspecified atom stereocenters. The normalized spacial score (nSPS) is 16.5. The van der Waals surface area contributed by atoms with Crippen LogP contribution in [0.25, 0.3) is 11.1 Å². The smallest absolute Gasteiger partial charge is 0.320 e. The van der Waals surface area contributed by atoms with E-state index >= 15 is 0 Å². The summed E-state index contributed by atoms with van der Waals surface area (Å²) in [5.74, 6) is -0.778. The first-order valence-corrected chi connectivity index (χ1v) is 11.5. The lowest BCUT2D eigenvalue weighted by Gasteiger charge is -2.33. The third kappa shape index (κ3) is 5.20. The molecule has 0 amide bonds. The van der Waals surface area contributed by atoms with E-state index in [4.69, 9.17) is 0 Å². The zero-order valence-electron chi connectivity index (χ0n) is 19.3. The fourth-order valence-corrected chi connectivity index (χ4v) is 4.65. The van der Waals surface area contributed by atoms with Gasteiger partial charge in [0.05, 0.1) is 0 Å². The monoisotopic (exact) mass is 442 g/mol. The van der Waals surface area contributed by atoms with Crippen LogP contribution in [0.5, 0.6) is 0 Å². The summed E-state index contributed by atoms with van der Waals surface area (Å²) in [6.07, 6.45) is 4.67.